The lowest BCUT2D eigenvalue weighted by atomic mass is 10.0. The highest BCUT2D eigenvalue weighted by atomic mass is 32.2. The second kappa shape index (κ2) is 4.40. The van der Waals surface area contributed by atoms with E-state index in [9.17, 15) is 13.2 Å². The zero-order valence-corrected chi connectivity index (χ0v) is 9.51. The van der Waals surface area contributed by atoms with Gasteiger partial charge in [-0.15, -0.1) is 0 Å². The van der Waals surface area contributed by atoms with E-state index in [0.29, 0.717) is 13.0 Å². The first-order valence-corrected chi connectivity index (χ1v) is 6.72. The molecule has 1 rings (SSSR count). The van der Waals surface area contributed by atoms with Crippen molar-refractivity contribution in [1.82, 2.24) is 4.31 Å². The lowest BCUT2D eigenvalue weighted by Gasteiger charge is -2.33. The standard InChI is InChI=1S/C9H17NO3S/c1-8(11)7-9-5-3-4-6-10(9)14(2,12)13/h9H,3-7H2,1-2H3. The maximum Gasteiger partial charge on any atom is 0.211 e. The number of carbonyl (C=O) groups is 1. The normalized spacial score (nSPS) is 24.9. The molecule has 0 N–H and O–H groups in total. The van der Waals surface area contributed by atoms with Crippen LogP contribution in [0.2, 0.25) is 0 Å². The number of piperidine rings is 1. The summed E-state index contributed by atoms with van der Waals surface area (Å²) in [4.78, 5) is 11.0. The lowest BCUT2D eigenvalue weighted by molar-refractivity contribution is -0.118. The van der Waals surface area contributed by atoms with E-state index in [4.69, 9.17) is 0 Å². The van der Waals surface area contributed by atoms with Crippen LogP contribution in [0.1, 0.15) is 32.6 Å². The number of hydrogen-bond donors (Lipinski definition) is 0. The molecule has 0 spiro atoms. The number of Topliss-reactive ketones (excluding diaryl/α,β-unsaturated/α-hetero) is 1. The summed E-state index contributed by atoms with van der Waals surface area (Å²) in [6, 6.07) is -0.101. The van der Waals surface area contributed by atoms with Crippen LogP contribution in [0, 0.1) is 0 Å². The maximum absolute atomic E-state index is 11.4. The van der Waals surface area contributed by atoms with Crippen molar-refractivity contribution in [2.45, 2.75) is 38.6 Å². The second-order valence-corrected chi connectivity index (χ2v) is 5.86. The Morgan fingerprint density at radius 2 is 2.07 bits per heavy atom. The third-order valence-corrected chi connectivity index (χ3v) is 3.85. The Balaban J connectivity index is 2.74. The smallest absolute Gasteiger partial charge is 0.211 e. The SMILES string of the molecule is CC(=O)CC1CCCCN1S(C)(=O)=O. The van der Waals surface area contributed by atoms with Gasteiger partial charge < -0.3 is 0 Å². The molecule has 1 heterocycles. The van der Waals surface area contributed by atoms with Gasteiger partial charge in [0.25, 0.3) is 0 Å². The fourth-order valence-corrected chi connectivity index (χ4v) is 3.13. The summed E-state index contributed by atoms with van der Waals surface area (Å²) in [5.74, 6) is 0.0607. The van der Waals surface area contributed by atoms with Gasteiger partial charge in [-0.05, 0) is 19.8 Å². The van der Waals surface area contributed by atoms with Gasteiger partial charge >= 0.3 is 0 Å². The molecule has 0 aromatic heterocycles. The van der Waals surface area contributed by atoms with E-state index in [1.54, 1.807) is 0 Å². The van der Waals surface area contributed by atoms with Crippen molar-refractivity contribution < 1.29 is 13.2 Å². The average Bonchev–Trinajstić information content (AvgIpc) is 2.01. The monoisotopic (exact) mass is 219 g/mol. The molecule has 1 aliphatic heterocycles. The maximum atomic E-state index is 11.4. The first kappa shape index (κ1) is 11.7. The van der Waals surface area contributed by atoms with Gasteiger partial charge in [-0.2, -0.15) is 4.31 Å². The molecule has 1 aliphatic rings. The van der Waals surface area contributed by atoms with Crippen LogP contribution in [0.15, 0.2) is 0 Å². The molecule has 0 amide bonds. The topological polar surface area (TPSA) is 54.5 Å². The van der Waals surface area contributed by atoms with Crippen molar-refractivity contribution >= 4 is 15.8 Å². The molecule has 14 heavy (non-hydrogen) atoms. The average molecular weight is 219 g/mol. The molecule has 0 radical (unpaired) electrons. The van der Waals surface area contributed by atoms with E-state index in [1.165, 1.54) is 17.5 Å². The summed E-state index contributed by atoms with van der Waals surface area (Å²) in [6.45, 7) is 2.08. The lowest BCUT2D eigenvalue weighted by Crippen LogP contribution is -2.43. The van der Waals surface area contributed by atoms with Crippen LogP contribution >= 0.6 is 0 Å². The van der Waals surface area contributed by atoms with Crippen LogP contribution in [0.4, 0.5) is 0 Å². The van der Waals surface area contributed by atoms with E-state index >= 15 is 0 Å². The van der Waals surface area contributed by atoms with E-state index in [0.717, 1.165) is 19.3 Å². The molecular weight excluding hydrogens is 202 g/mol. The van der Waals surface area contributed by atoms with Gasteiger partial charge in [0.05, 0.1) is 6.26 Å². The van der Waals surface area contributed by atoms with Gasteiger partial charge in [-0.25, -0.2) is 8.42 Å². The molecule has 0 saturated carbocycles. The molecule has 0 bridgehead atoms. The molecule has 0 aliphatic carbocycles. The van der Waals surface area contributed by atoms with Crippen molar-refractivity contribution in [2.24, 2.45) is 0 Å². The molecular formula is C9H17NO3S. The first-order chi connectivity index (χ1) is 6.41. The zero-order chi connectivity index (χ0) is 10.8. The van der Waals surface area contributed by atoms with Gasteiger partial charge in [-0.3, -0.25) is 4.79 Å². The minimum absolute atomic E-state index is 0.0607. The van der Waals surface area contributed by atoms with Gasteiger partial charge in [-0.1, -0.05) is 6.42 Å². The van der Waals surface area contributed by atoms with Crippen molar-refractivity contribution in [1.29, 1.82) is 0 Å². The molecule has 4 nitrogen and oxygen atoms in total. The van der Waals surface area contributed by atoms with Gasteiger partial charge in [0, 0.05) is 19.0 Å². The van der Waals surface area contributed by atoms with Gasteiger partial charge in [0.15, 0.2) is 0 Å². The summed E-state index contributed by atoms with van der Waals surface area (Å²) >= 11 is 0. The predicted molar refractivity (Wildman–Crippen MR) is 54.5 cm³/mol. The summed E-state index contributed by atoms with van der Waals surface area (Å²) in [5, 5.41) is 0. The second-order valence-electron chi connectivity index (χ2n) is 3.93. The van der Waals surface area contributed by atoms with Crippen LogP contribution in [0.3, 0.4) is 0 Å². The van der Waals surface area contributed by atoms with Crippen molar-refractivity contribution in [3.8, 4) is 0 Å². The molecule has 1 unspecified atom stereocenters. The molecule has 1 saturated heterocycles. The molecule has 1 atom stereocenters. The Kier molecular flexibility index (Phi) is 3.66. The number of rotatable bonds is 3. The van der Waals surface area contributed by atoms with Crippen LogP contribution < -0.4 is 0 Å². The Hall–Kier alpha value is -0.420. The number of carbonyl (C=O) groups excluding carboxylic acids is 1. The number of hydrogen-bond acceptors (Lipinski definition) is 3. The van der Waals surface area contributed by atoms with Crippen LogP contribution in [-0.2, 0) is 14.8 Å². The molecule has 5 heteroatoms. The van der Waals surface area contributed by atoms with Crippen LogP contribution in [0.5, 0.6) is 0 Å². The van der Waals surface area contributed by atoms with Crippen LogP contribution in [-0.4, -0.2) is 37.3 Å². The largest absolute Gasteiger partial charge is 0.300 e. The molecule has 0 aromatic carbocycles. The highest BCUT2D eigenvalue weighted by Crippen LogP contribution is 2.22. The summed E-state index contributed by atoms with van der Waals surface area (Å²) in [7, 11) is -3.14. The molecule has 0 aromatic rings. The first-order valence-electron chi connectivity index (χ1n) is 4.87. The number of nitrogens with zero attached hydrogens (tertiary/aromatic N) is 1. The minimum Gasteiger partial charge on any atom is -0.300 e. The number of ketones is 1. The predicted octanol–water partition coefficient (Wildman–Crippen LogP) is 0.780. The fraction of sp³-hybridized carbons (Fsp3) is 0.889. The summed E-state index contributed by atoms with van der Waals surface area (Å²) in [5.41, 5.74) is 0. The highest BCUT2D eigenvalue weighted by Gasteiger charge is 2.29. The molecule has 1 fully saturated rings. The Morgan fingerprint density at radius 1 is 1.43 bits per heavy atom. The van der Waals surface area contributed by atoms with Crippen molar-refractivity contribution in [2.75, 3.05) is 12.8 Å². The van der Waals surface area contributed by atoms with E-state index in [-0.39, 0.29) is 11.8 Å². The zero-order valence-electron chi connectivity index (χ0n) is 8.69. The third-order valence-electron chi connectivity index (χ3n) is 2.52. The highest BCUT2D eigenvalue weighted by molar-refractivity contribution is 7.88. The summed E-state index contributed by atoms with van der Waals surface area (Å²) < 4.78 is 24.3. The Morgan fingerprint density at radius 3 is 2.57 bits per heavy atom. The van der Waals surface area contributed by atoms with E-state index in [1.807, 2.05) is 0 Å². The Labute approximate surface area is 85.3 Å². The Bertz CT molecular complexity index is 310. The molecule has 82 valence electrons. The van der Waals surface area contributed by atoms with Crippen LogP contribution in [0.25, 0.3) is 0 Å². The van der Waals surface area contributed by atoms with Gasteiger partial charge in [0.1, 0.15) is 5.78 Å². The quantitative estimate of drug-likeness (QED) is 0.705. The fourth-order valence-electron chi connectivity index (χ4n) is 1.95. The minimum atomic E-state index is -3.14. The number of sulfonamides is 1. The van der Waals surface area contributed by atoms with E-state index < -0.39 is 10.0 Å². The van der Waals surface area contributed by atoms with Crippen molar-refractivity contribution in [3.63, 3.8) is 0 Å². The summed E-state index contributed by atoms with van der Waals surface area (Å²) in [6.07, 6.45) is 4.30. The van der Waals surface area contributed by atoms with E-state index in [2.05, 4.69) is 0 Å². The van der Waals surface area contributed by atoms with Gasteiger partial charge in [0.2, 0.25) is 10.0 Å². The van der Waals surface area contributed by atoms with Crippen molar-refractivity contribution in [3.05, 3.63) is 0 Å². The third kappa shape index (κ3) is 3.06.